The lowest BCUT2D eigenvalue weighted by Gasteiger charge is -2.05. The summed E-state index contributed by atoms with van der Waals surface area (Å²) >= 11 is 0. The van der Waals surface area contributed by atoms with Gasteiger partial charge in [0, 0.05) is 13.7 Å². The standard InChI is InChI=1S/C11H15NO/c1-9(7-12)11-5-3-4-10(6-11)8-13-2/h3-6H,1,7-8,12H2,2H3. The van der Waals surface area contributed by atoms with Crippen molar-refractivity contribution in [1.29, 1.82) is 0 Å². The highest BCUT2D eigenvalue weighted by Gasteiger charge is 1.97. The van der Waals surface area contributed by atoms with E-state index in [4.69, 9.17) is 10.5 Å². The maximum atomic E-state index is 5.50. The average Bonchev–Trinajstić information content (AvgIpc) is 2.18. The molecule has 1 aromatic carbocycles. The van der Waals surface area contributed by atoms with Crippen molar-refractivity contribution >= 4 is 5.57 Å². The van der Waals surface area contributed by atoms with Gasteiger partial charge < -0.3 is 10.5 Å². The molecule has 0 aliphatic carbocycles. The van der Waals surface area contributed by atoms with Gasteiger partial charge in [0.1, 0.15) is 0 Å². The van der Waals surface area contributed by atoms with E-state index < -0.39 is 0 Å². The van der Waals surface area contributed by atoms with Crippen LogP contribution in [0.15, 0.2) is 30.8 Å². The minimum absolute atomic E-state index is 0.496. The molecule has 0 bridgehead atoms. The van der Waals surface area contributed by atoms with Crippen LogP contribution in [-0.2, 0) is 11.3 Å². The summed E-state index contributed by atoms with van der Waals surface area (Å²) in [6, 6.07) is 8.08. The summed E-state index contributed by atoms with van der Waals surface area (Å²) in [7, 11) is 1.68. The topological polar surface area (TPSA) is 35.2 Å². The van der Waals surface area contributed by atoms with Gasteiger partial charge in [0.2, 0.25) is 0 Å². The number of rotatable bonds is 4. The third-order valence-corrected chi connectivity index (χ3v) is 1.89. The molecule has 13 heavy (non-hydrogen) atoms. The summed E-state index contributed by atoms with van der Waals surface area (Å²) in [6.45, 7) is 5.01. The Hall–Kier alpha value is -1.12. The van der Waals surface area contributed by atoms with Crippen molar-refractivity contribution in [3.63, 3.8) is 0 Å². The minimum atomic E-state index is 0.496. The Bertz CT molecular complexity index is 294. The fourth-order valence-corrected chi connectivity index (χ4v) is 1.17. The molecule has 2 heteroatoms. The summed E-state index contributed by atoms with van der Waals surface area (Å²) in [4.78, 5) is 0. The van der Waals surface area contributed by atoms with Crippen LogP contribution in [0.25, 0.3) is 5.57 Å². The molecule has 0 saturated heterocycles. The van der Waals surface area contributed by atoms with Crippen molar-refractivity contribution in [2.75, 3.05) is 13.7 Å². The maximum absolute atomic E-state index is 5.50. The number of ether oxygens (including phenoxy) is 1. The Kier molecular flexibility index (Phi) is 3.68. The molecule has 70 valence electrons. The third-order valence-electron chi connectivity index (χ3n) is 1.89. The van der Waals surface area contributed by atoms with Crippen LogP contribution in [-0.4, -0.2) is 13.7 Å². The largest absolute Gasteiger partial charge is 0.380 e. The highest BCUT2D eigenvalue weighted by Crippen LogP contribution is 2.13. The van der Waals surface area contributed by atoms with Gasteiger partial charge in [-0.15, -0.1) is 0 Å². The highest BCUT2D eigenvalue weighted by atomic mass is 16.5. The summed E-state index contributed by atoms with van der Waals surface area (Å²) in [5.74, 6) is 0. The Labute approximate surface area is 79.0 Å². The summed E-state index contributed by atoms with van der Waals surface area (Å²) in [5, 5.41) is 0. The lowest BCUT2D eigenvalue weighted by Crippen LogP contribution is -2.01. The lowest BCUT2D eigenvalue weighted by atomic mass is 10.1. The fraction of sp³-hybridized carbons (Fsp3) is 0.273. The van der Waals surface area contributed by atoms with Gasteiger partial charge in [-0.05, 0) is 22.8 Å². The van der Waals surface area contributed by atoms with Crippen LogP contribution in [0.5, 0.6) is 0 Å². The first kappa shape index (κ1) is 9.96. The second-order valence-electron chi connectivity index (χ2n) is 2.94. The zero-order valence-electron chi connectivity index (χ0n) is 7.92. The predicted octanol–water partition coefficient (Wildman–Crippen LogP) is 1.80. The number of hydrogen-bond donors (Lipinski definition) is 1. The zero-order valence-corrected chi connectivity index (χ0v) is 7.92. The lowest BCUT2D eigenvalue weighted by molar-refractivity contribution is 0.185. The van der Waals surface area contributed by atoms with Gasteiger partial charge in [-0.3, -0.25) is 0 Å². The first-order valence-electron chi connectivity index (χ1n) is 4.24. The molecule has 0 unspecified atom stereocenters. The second-order valence-corrected chi connectivity index (χ2v) is 2.94. The molecule has 0 saturated carbocycles. The Balaban J connectivity index is 2.85. The summed E-state index contributed by atoms with van der Waals surface area (Å²) in [6.07, 6.45) is 0. The first-order chi connectivity index (χ1) is 6.27. The molecule has 1 aromatic rings. The molecule has 2 N–H and O–H groups in total. The van der Waals surface area contributed by atoms with Crippen LogP contribution in [0.4, 0.5) is 0 Å². The number of nitrogens with two attached hydrogens (primary N) is 1. The maximum Gasteiger partial charge on any atom is 0.0713 e. The van der Waals surface area contributed by atoms with E-state index in [1.807, 2.05) is 18.2 Å². The molecular weight excluding hydrogens is 162 g/mol. The third kappa shape index (κ3) is 2.68. The van der Waals surface area contributed by atoms with Crippen LogP contribution in [0.2, 0.25) is 0 Å². The van der Waals surface area contributed by atoms with Crippen LogP contribution in [0.3, 0.4) is 0 Å². The van der Waals surface area contributed by atoms with E-state index in [9.17, 15) is 0 Å². The molecule has 0 atom stereocenters. The first-order valence-corrected chi connectivity index (χ1v) is 4.24. The summed E-state index contributed by atoms with van der Waals surface area (Å²) in [5.41, 5.74) is 8.70. The second kappa shape index (κ2) is 4.80. The van der Waals surface area contributed by atoms with Crippen molar-refractivity contribution in [2.45, 2.75) is 6.61 Å². The molecule has 0 aliphatic heterocycles. The quantitative estimate of drug-likeness (QED) is 0.761. The predicted molar refractivity (Wildman–Crippen MR) is 55.2 cm³/mol. The molecular formula is C11H15NO. The van der Waals surface area contributed by atoms with Gasteiger partial charge in [-0.25, -0.2) is 0 Å². The highest BCUT2D eigenvalue weighted by molar-refractivity contribution is 5.64. The van der Waals surface area contributed by atoms with E-state index in [-0.39, 0.29) is 0 Å². The molecule has 0 amide bonds. The van der Waals surface area contributed by atoms with Crippen LogP contribution in [0.1, 0.15) is 11.1 Å². The molecule has 0 fully saturated rings. The van der Waals surface area contributed by atoms with Crippen molar-refractivity contribution in [3.8, 4) is 0 Å². The SMILES string of the molecule is C=C(CN)c1cccc(COC)c1. The normalized spacial score (nSPS) is 10.0. The van der Waals surface area contributed by atoms with Gasteiger partial charge in [0.15, 0.2) is 0 Å². The molecule has 0 radical (unpaired) electrons. The number of hydrogen-bond acceptors (Lipinski definition) is 2. The number of benzene rings is 1. The fourth-order valence-electron chi connectivity index (χ4n) is 1.17. The van der Waals surface area contributed by atoms with Crippen molar-refractivity contribution in [2.24, 2.45) is 5.73 Å². The molecule has 0 heterocycles. The summed E-state index contributed by atoms with van der Waals surface area (Å²) < 4.78 is 5.04. The van der Waals surface area contributed by atoms with Gasteiger partial charge in [-0.2, -0.15) is 0 Å². The molecule has 1 rings (SSSR count). The van der Waals surface area contributed by atoms with E-state index in [2.05, 4.69) is 12.6 Å². The van der Waals surface area contributed by atoms with E-state index >= 15 is 0 Å². The van der Waals surface area contributed by atoms with Crippen LogP contribution in [0, 0.1) is 0 Å². The molecule has 0 spiro atoms. The van der Waals surface area contributed by atoms with Gasteiger partial charge in [-0.1, -0.05) is 24.8 Å². The molecule has 2 nitrogen and oxygen atoms in total. The Morgan fingerprint density at radius 3 is 2.92 bits per heavy atom. The van der Waals surface area contributed by atoms with Gasteiger partial charge in [0.05, 0.1) is 6.61 Å². The zero-order chi connectivity index (χ0) is 9.68. The van der Waals surface area contributed by atoms with Crippen LogP contribution >= 0.6 is 0 Å². The molecule has 0 aliphatic rings. The smallest absolute Gasteiger partial charge is 0.0713 e. The molecule has 0 aromatic heterocycles. The van der Waals surface area contributed by atoms with E-state index in [1.54, 1.807) is 7.11 Å². The van der Waals surface area contributed by atoms with E-state index in [1.165, 1.54) is 0 Å². The van der Waals surface area contributed by atoms with Crippen LogP contribution < -0.4 is 5.73 Å². The van der Waals surface area contributed by atoms with E-state index in [0.29, 0.717) is 13.2 Å². The van der Waals surface area contributed by atoms with Crippen molar-refractivity contribution in [3.05, 3.63) is 42.0 Å². The Morgan fingerprint density at radius 2 is 2.31 bits per heavy atom. The van der Waals surface area contributed by atoms with Crippen molar-refractivity contribution < 1.29 is 4.74 Å². The van der Waals surface area contributed by atoms with Gasteiger partial charge >= 0.3 is 0 Å². The monoisotopic (exact) mass is 177 g/mol. The average molecular weight is 177 g/mol. The van der Waals surface area contributed by atoms with Crippen molar-refractivity contribution in [1.82, 2.24) is 0 Å². The van der Waals surface area contributed by atoms with E-state index in [0.717, 1.165) is 16.7 Å². The number of methoxy groups -OCH3 is 1. The van der Waals surface area contributed by atoms with Gasteiger partial charge in [0.25, 0.3) is 0 Å². The Morgan fingerprint density at radius 1 is 1.54 bits per heavy atom. The minimum Gasteiger partial charge on any atom is -0.380 e.